The van der Waals surface area contributed by atoms with Gasteiger partial charge in [0.25, 0.3) is 5.78 Å². The predicted molar refractivity (Wildman–Crippen MR) is 98.4 cm³/mol. The average molecular weight is 378 g/mol. The molecule has 2 heterocycles. The van der Waals surface area contributed by atoms with E-state index in [0.717, 1.165) is 17.0 Å². The van der Waals surface area contributed by atoms with Gasteiger partial charge in [-0.15, -0.1) is 0 Å². The van der Waals surface area contributed by atoms with Gasteiger partial charge in [-0.05, 0) is 51.0 Å². The number of aromatic nitrogens is 4. The molecular weight excluding hydrogens is 361 g/mol. The van der Waals surface area contributed by atoms with Crippen molar-refractivity contribution in [3.8, 4) is 0 Å². The van der Waals surface area contributed by atoms with Crippen LogP contribution in [0, 0.1) is 20.8 Å². The summed E-state index contributed by atoms with van der Waals surface area (Å²) in [6.07, 6.45) is 0.867. The van der Waals surface area contributed by atoms with Crippen molar-refractivity contribution in [2.75, 3.05) is 5.32 Å². The van der Waals surface area contributed by atoms with Crippen LogP contribution in [0.2, 0.25) is 10.0 Å². The van der Waals surface area contributed by atoms with Gasteiger partial charge >= 0.3 is 0 Å². The van der Waals surface area contributed by atoms with Gasteiger partial charge in [-0.2, -0.15) is 10.1 Å². The Morgan fingerprint density at radius 2 is 1.80 bits per heavy atom. The number of hydrogen-bond acceptors (Lipinski definition) is 4. The van der Waals surface area contributed by atoms with Crippen LogP contribution in [0.25, 0.3) is 5.78 Å². The minimum absolute atomic E-state index is 0.119. The van der Waals surface area contributed by atoms with Crippen molar-refractivity contribution >= 4 is 40.6 Å². The van der Waals surface area contributed by atoms with E-state index in [1.165, 1.54) is 0 Å². The zero-order valence-electron chi connectivity index (χ0n) is 14.1. The van der Waals surface area contributed by atoms with Crippen LogP contribution in [0.4, 0.5) is 5.69 Å². The lowest BCUT2D eigenvalue weighted by atomic mass is 10.1. The van der Waals surface area contributed by atoms with E-state index < -0.39 is 0 Å². The highest BCUT2D eigenvalue weighted by molar-refractivity contribution is 6.35. The molecule has 0 saturated heterocycles. The smallest absolute Gasteiger partial charge is 0.252 e. The Morgan fingerprint density at radius 3 is 2.48 bits per heavy atom. The molecule has 0 saturated carbocycles. The van der Waals surface area contributed by atoms with Gasteiger partial charge in [0.05, 0.1) is 0 Å². The SMILES string of the molecule is Cc1nc2nc(C)c(CCC(=O)Nc3cc(Cl)cc(Cl)c3)c(C)n2n1. The highest BCUT2D eigenvalue weighted by Gasteiger charge is 2.14. The molecule has 1 amide bonds. The summed E-state index contributed by atoms with van der Waals surface area (Å²) in [6, 6.07) is 4.94. The van der Waals surface area contributed by atoms with E-state index in [-0.39, 0.29) is 5.91 Å². The fourth-order valence-electron chi connectivity index (χ4n) is 2.76. The molecule has 0 spiro atoms. The van der Waals surface area contributed by atoms with Gasteiger partial charge < -0.3 is 5.32 Å². The summed E-state index contributed by atoms with van der Waals surface area (Å²) < 4.78 is 1.71. The normalized spacial score (nSPS) is 11.1. The number of halogens is 2. The lowest BCUT2D eigenvalue weighted by Crippen LogP contribution is -2.14. The van der Waals surface area contributed by atoms with Gasteiger partial charge in [0, 0.05) is 33.5 Å². The first-order valence-corrected chi connectivity index (χ1v) is 8.54. The van der Waals surface area contributed by atoms with E-state index in [2.05, 4.69) is 20.4 Å². The van der Waals surface area contributed by atoms with Gasteiger partial charge in [-0.1, -0.05) is 23.2 Å². The standard InChI is InChI=1S/C17H17Cl2N5O/c1-9-15(10(2)24-17(20-9)21-11(3)23-24)4-5-16(25)22-14-7-12(18)6-13(19)8-14/h6-8H,4-5H2,1-3H3,(H,22,25). The van der Waals surface area contributed by atoms with Gasteiger partial charge in [-0.25, -0.2) is 9.50 Å². The zero-order chi connectivity index (χ0) is 18.1. The van der Waals surface area contributed by atoms with Crippen LogP contribution in [0.1, 0.15) is 29.2 Å². The molecule has 3 aromatic rings. The average Bonchev–Trinajstić information content (AvgIpc) is 2.86. The number of fused-ring (bicyclic) bond motifs is 1. The molecule has 2 aromatic heterocycles. The Labute approximate surface area is 155 Å². The largest absolute Gasteiger partial charge is 0.326 e. The third-order valence-corrected chi connectivity index (χ3v) is 4.34. The maximum absolute atomic E-state index is 12.2. The number of aryl methyl sites for hydroxylation is 3. The van der Waals surface area contributed by atoms with Crippen molar-refractivity contribution < 1.29 is 4.79 Å². The van der Waals surface area contributed by atoms with Crippen LogP contribution >= 0.6 is 23.2 Å². The number of nitrogens with zero attached hydrogens (tertiary/aromatic N) is 4. The molecule has 0 fully saturated rings. The van der Waals surface area contributed by atoms with E-state index in [0.29, 0.717) is 40.2 Å². The molecule has 0 aliphatic carbocycles. The number of anilines is 1. The van der Waals surface area contributed by atoms with Gasteiger partial charge in [0.15, 0.2) is 0 Å². The number of hydrogen-bond donors (Lipinski definition) is 1. The Kier molecular flexibility index (Phi) is 4.92. The van der Waals surface area contributed by atoms with Crippen molar-refractivity contribution in [3.63, 3.8) is 0 Å². The van der Waals surface area contributed by atoms with Crippen molar-refractivity contribution in [1.82, 2.24) is 19.6 Å². The molecule has 25 heavy (non-hydrogen) atoms. The Hall–Kier alpha value is -2.18. The number of carbonyl (C=O) groups is 1. The molecular formula is C17H17Cl2N5O. The van der Waals surface area contributed by atoms with E-state index >= 15 is 0 Å². The third kappa shape index (κ3) is 3.91. The fraction of sp³-hybridized carbons (Fsp3) is 0.294. The molecule has 6 nitrogen and oxygen atoms in total. The van der Waals surface area contributed by atoms with Crippen LogP contribution in [-0.4, -0.2) is 25.5 Å². The summed E-state index contributed by atoms with van der Waals surface area (Å²) in [5.41, 5.74) is 3.38. The first-order valence-electron chi connectivity index (χ1n) is 7.79. The highest BCUT2D eigenvalue weighted by Crippen LogP contribution is 2.23. The summed E-state index contributed by atoms with van der Waals surface area (Å²) in [7, 11) is 0. The Morgan fingerprint density at radius 1 is 1.12 bits per heavy atom. The molecule has 1 N–H and O–H groups in total. The number of amides is 1. The lowest BCUT2D eigenvalue weighted by molar-refractivity contribution is -0.116. The van der Waals surface area contributed by atoms with Crippen LogP contribution < -0.4 is 5.32 Å². The van der Waals surface area contributed by atoms with E-state index in [9.17, 15) is 4.79 Å². The zero-order valence-corrected chi connectivity index (χ0v) is 15.6. The summed E-state index contributed by atoms with van der Waals surface area (Å²) >= 11 is 11.9. The summed E-state index contributed by atoms with van der Waals surface area (Å²) in [6.45, 7) is 5.70. The second-order valence-electron chi connectivity index (χ2n) is 5.84. The van der Waals surface area contributed by atoms with Crippen LogP contribution in [0.3, 0.4) is 0 Å². The molecule has 0 bridgehead atoms. The van der Waals surface area contributed by atoms with E-state index in [4.69, 9.17) is 23.2 Å². The lowest BCUT2D eigenvalue weighted by Gasteiger charge is -2.11. The first-order chi connectivity index (χ1) is 11.8. The maximum atomic E-state index is 12.2. The molecule has 1 aromatic carbocycles. The molecule has 0 aliphatic rings. The molecule has 8 heteroatoms. The number of carbonyl (C=O) groups excluding carboxylic acids is 1. The molecule has 3 rings (SSSR count). The first kappa shape index (κ1) is 17.6. The fourth-order valence-corrected chi connectivity index (χ4v) is 3.28. The van der Waals surface area contributed by atoms with E-state index in [1.807, 2.05) is 20.8 Å². The van der Waals surface area contributed by atoms with Gasteiger partial charge in [-0.3, -0.25) is 4.79 Å². The minimum atomic E-state index is -0.119. The minimum Gasteiger partial charge on any atom is -0.326 e. The third-order valence-electron chi connectivity index (χ3n) is 3.90. The molecule has 0 radical (unpaired) electrons. The van der Waals surface area contributed by atoms with Crippen molar-refractivity contribution in [2.45, 2.75) is 33.6 Å². The summed E-state index contributed by atoms with van der Waals surface area (Å²) in [5, 5.41) is 8.11. The van der Waals surface area contributed by atoms with Crippen LogP contribution in [0.5, 0.6) is 0 Å². The molecule has 0 atom stereocenters. The second kappa shape index (κ2) is 6.98. The number of rotatable bonds is 4. The van der Waals surface area contributed by atoms with Crippen molar-refractivity contribution in [2.24, 2.45) is 0 Å². The number of nitrogens with one attached hydrogen (secondary N) is 1. The monoisotopic (exact) mass is 377 g/mol. The van der Waals surface area contributed by atoms with E-state index in [1.54, 1.807) is 22.7 Å². The Balaban J connectivity index is 1.74. The van der Waals surface area contributed by atoms with Crippen molar-refractivity contribution in [1.29, 1.82) is 0 Å². The maximum Gasteiger partial charge on any atom is 0.252 e. The second-order valence-corrected chi connectivity index (χ2v) is 6.71. The molecule has 0 aliphatic heterocycles. The van der Waals surface area contributed by atoms with Gasteiger partial charge in [0.1, 0.15) is 5.82 Å². The highest BCUT2D eigenvalue weighted by atomic mass is 35.5. The molecule has 130 valence electrons. The Bertz CT molecular complexity index is 947. The summed E-state index contributed by atoms with van der Waals surface area (Å²) in [4.78, 5) is 21.0. The summed E-state index contributed by atoms with van der Waals surface area (Å²) in [5.74, 6) is 1.13. The quantitative estimate of drug-likeness (QED) is 0.747. The topological polar surface area (TPSA) is 72.2 Å². The van der Waals surface area contributed by atoms with Gasteiger partial charge in [0.2, 0.25) is 5.91 Å². The van der Waals surface area contributed by atoms with Crippen LogP contribution in [0.15, 0.2) is 18.2 Å². The molecule has 0 unspecified atom stereocenters. The van der Waals surface area contributed by atoms with Crippen molar-refractivity contribution in [3.05, 3.63) is 51.0 Å². The predicted octanol–water partition coefficient (Wildman–Crippen LogP) is 3.93. The van der Waals surface area contributed by atoms with Crippen LogP contribution in [-0.2, 0) is 11.2 Å². The number of benzene rings is 1.